The molecular weight excluding hydrogens is 223 g/mol. The summed E-state index contributed by atoms with van der Waals surface area (Å²) in [7, 11) is 0. The Morgan fingerprint density at radius 3 is 2.46 bits per heavy atom. The molecule has 0 bridgehead atoms. The zero-order valence-electron chi connectivity index (χ0n) is 7.05. The SMILES string of the molecule is O=[As]1=C(c2ccccc2)C=CC=C1. The third-order valence-corrected chi connectivity index (χ3v) is 4.67. The van der Waals surface area contributed by atoms with Gasteiger partial charge in [0.05, 0.1) is 0 Å². The number of allylic oxidation sites excluding steroid dienone is 3. The van der Waals surface area contributed by atoms with Gasteiger partial charge in [0, 0.05) is 0 Å². The van der Waals surface area contributed by atoms with E-state index in [2.05, 4.69) is 0 Å². The van der Waals surface area contributed by atoms with E-state index in [4.69, 9.17) is 0 Å². The number of hydrogen-bond acceptors (Lipinski definition) is 1. The third-order valence-electron chi connectivity index (χ3n) is 1.89. The second kappa shape index (κ2) is 3.76. The van der Waals surface area contributed by atoms with Crippen molar-refractivity contribution in [1.82, 2.24) is 0 Å². The van der Waals surface area contributed by atoms with Crippen molar-refractivity contribution in [3.05, 3.63) is 59.0 Å². The maximum absolute atomic E-state index is 11.6. The minimum atomic E-state index is -2.10. The van der Waals surface area contributed by atoms with Crippen LogP contribution in [0.5, 0.6) is 0 Å². The predicted octanol–water partition coefficient (Wildman–Crippen LogP) is 1.88. The van der Waals surface area contributed by atoms with Crippen molar-refractivity contribution >= 4 is 18.5 Å². The molecule has 0 N–H and O–H groups in total. The molecule has 0 radical (unpaired) electrons. The van der Waals surface area contributed by atoms with Crippen LogP contribution in [0.1, 0.15) is 5.56 Å². The standard InChI is InChI=1S/C11H9AsO/c13-12-9-5-4-8-11(12)10-6-2-1-3-7-10/h1-9H. The van der Waals surface area contributed by atoms with E-state index in [1.165, 1.54) is 0 Å². The molecule has 0 amide bonds. The molecule has 0 saturated carbocycles. The third kappa shape index (κ3) is 1.81. The molecule has 1 unspecified atom stereocenters. The molecule has 0 aliphatic carbocycles. The predicted molar refractivity (Wildman–Crippen MR) is 55.3 cm³/mol. The first-order valence-corrected chi connectivity index (χ1v) is 6.90. The summed E-state index contributed by atoms with van der Waals surface area (Å²) in [4.78, 5) is 1.81. The van der Waals surface area contributed by atoms with Crippen molar-refractivity contribution in [2.75, 3.05) is 0 Å². The Labute approximate surface area is 81.4 Å². The van der Waals surface area contributed by atoms with Gasteiger partial charge in [0.2, 0.25) is 0 Å². The second-order valence-electron chi connectivity index (χ2n) is 2.78. The Balaban J connectivity index is 2.55. The Morgan fingerprint density at radius 1 is 1.00 bits per heavy atom. The first-order valence-electron chi connectivity index (χ1n) is 4.11. The minimum absolute atomic E-state index is 0.996. The normalized spacial score (nSPS) is 17.8. The monoisotopic (exact) mass is 232 g/mol. The second-order valence-corrected chi connectivity index (χ2v) is 5.78. The summed E-state index contributed by atoms with van der Waals surface area (Å²) in [5.41, 5.74) is 1.08. The van der Waals surface area contributed by atoms with Crippen molar-refractivity contribution in [2.45, 2.75) is 0 Å². The van der Waals surface area contributed by atoms with E-state index < -0.39 is 14.1 Å². The average molecular weight is 232 g/mol. The topological polar surface area (TPSA) is 17.1 Å². The molecule has 0 saturated heterocycles. The van der Waals surface area contributed by atoms with Crippen LogP contribution in [0.2, 0.25) is 0 Å². The molecule has 1 heterocycles. The Kier molecular flexibility index (Phi) is 2.46. The van der Waals surface area contributed by atoms with Crippen LogP contribution in [-0.4, -0.2) is 18.5 Å². The number of benzene rings is 1. The molecule has 2 rings (SSSR count). The van der Waals surface area contributed by atoms with Gasteiger partial charge in [-0.05, 0) is 0 Å². The van der Waals surface area contributed by atoms with Crippen molar-refractivity contribution in [3.8, 4) is 0 Å². The van der Waals surface area contributed by atoms with E-state index in [0.717, 1.165) is 9.87 Å². The van der Waals surface area contributed by atoms with Crippen LogP contribution in [-0.2, 0) is 3.74 Å². The fraction of sp³-hybridized carbons (Fsp3) is 0. The van der Waals surface area contributed by atoms with E-state index in [-0.39, 0.29) is 0 Å². The molecule has 1 nitrogen and oxygen atoms in total. The van der Waals surface area contributed by atoms with Gasteiger partial charge >= 0.3 is 81.2 Å². The first kappa shape index (κ1) is 8.52. The molecular formula is C11H9AsO. The molecule has 1 aliphatic rings. The van der Waals surface area contributed by atoms with Gasteiger partial charge in [0.1, 0.15) is 0 Å². The fourth-order valence-corrected chi connectivity index (χ4v) is 3.47. The van der Waals surface area contributed by atoms with Crippen molar-refractivity contribution in [3.63, 3.8) is 0 Å². The summed E-state index contributed by atoms with van der Waals surface area (Å²) in [5, 5.41) is 0. The van der Waals surface area contributed by atoms with Crippen LogP contribution in [0.15, 0.2) is 53.4 Å². The van der Waals surface area contributed by atoms with E-state index in [1.54, 1.807) is 0 Å². The quantitative estimate of drug-likeness (QED) is 0.675. The molecule has 1 aromatic rings. The number of rotatable bonds is 1. The molecule has 0 fully saturated rings. The number of hydrogen-bond donors (Lipinski definition) is 0. The molecule has 13 heavy (non-hydrogen) atoms. The van der Waals surface area contributed by atoms with E-state index >= 15 is 0 Å². The van der Waals surface area contributed by atoms with Crippen LogP contribution in [0.3, 0.4) is 0 Å². The van der Waals surface area contributed by atoms with Crippen LogP contribution in [0, 0.1) is 0 Å². The summed E-state index contributed by atoms with van der Waals surface area (Å²) in [6, 6.07) is 9.90. The van der Waals surface area contributed by atoms with Crippen molar-refractivity contribution in [1.29, 1.82) is 0 Å². The van der Waals surface area contributed by atoms with Crippen LogP contribution < -0.4 is 0 Å². The van der Waals surface area contributed by atoms with Gasteiger partial charge in [-0.1, -0.05) is 0 Å². The first-order chi connectivity index (χ1) is 6.38. The molecule has 1 aromatic carbocycles. The van der Waals surface area contributed by atoms with Gasteiger partial charge in [0.15, 0.2) is 0 Å². The zero-order valence-corrected chi connectivity index (χ0v) is 8.93. The average Bonchev–Trinajstić information content (AvgIpc) is 2.20. The Morgan fingerprint density at radius 2 is 1.77 bits per heavy atom. The molecule has 0 spiro atoms. The molecule has 1 aliphatic heterocycles. The van der Waals surface area contributed by atoms with Crippen molar-refractivity contribution < 1.29 is 3.74 Å². The van der Waals surface area contributed by atoms with Crippen LogP contribution in [0.4, 0.5) is 0 Å². The molecule has 2 heteroatoms. The van der Waals surface area contributed by atoms with Crippen molar-refractivity contribution in [2.24, 2.45) is 0 Å². The summed E-state index contributed by atoms with van der Waals surface area (Å²) < 4.78 is 12.6. The van der Waals surface area contributed by atoms with Gasteiger partial charge < -0.3 is 0 Å². The summed E-state index contributed by atoms with van der Waals surface area (Å²) >= 11 is -2.10. The Hall–Kier alpha value is -1.07. The van der Waals surface area contributed by atoms with Crippen LogP contribution >= 0.6 is 0 Å². The van der Waals surface area contributed by atoms with Crippen LogP contribution in [0.25, 0.3) is 0 Å². The summed E-state index contributed by atoms with van der Waals surface area (Å²) in [6.45, 7) is 0. The van der Waals surface area contributed by atoms with Gasteiger partial charge in [-0.2, -0.15) is 0 Å². The zero-order chi connectivity index (χ0) is 9.10. The van der Waals surface area contributed by atoms with Gasteiger partial charge in [0.25, 0.3) is 0 Å². The van der Waals surface area contributed by atoms with Gasteiger partial charge in [-0.15, -0.1) is 0 Å². The fourth-order valence-electron chi connectivity index (χ4n) is 1.26. The molecule has 64 valence electrons. The van der Waals surface area contributed by atoms with E-state index in [0.29, 0.717) is 0 Å². The molecule has 0 aromatic heterocycles. The van der Waals surface area contributed by atoms with E-state index in [1.807, 2.05) is 53.4 Å². The van der Waals surface area contributed by atoms with Gasteiger partial charge in [-0.3, -0.25) is 0 Å². The van der Waals surface area contributed by atoms with E-state index in [9.17, 15) is 3.74 Å². The maximum atomic E-state index is 11.6. The van der Waals surface area contributed by atoms with Gasteiger partial charge in [-0.25, -0.2) is 0 Å². The molecule has 1 atom stereocenters. The summed E-state index contributed by atoms with van der Waals surface area (Å²) in [5.74, 6) is 0. The summed E-state index contributed by atoms with van der Waals surface area (Å²) in [6.07, 6.45) is 5.74. The Bertz CT molecular complexity index is 434.